The molecule has 1 aromatic carbocycles. The average Bonchev–Trinajstić information content (AvgIpc) is 2.95. The van der Waals surface area contributed by atoms with E-state index in [9.17, 15) is 9.59 Å². The Morgan fingerprint density at radius 3 is 2.44 bits per heavy atom. The summed E-state index contributed by atoms with van der Waals surface area (Å²) in [5.41, 5.74) is 3.11. The Kier molecular flexibility index (Phi) is 5.12. The molecule has 0 aliphatic carbocycles. The minimum absolute atomic E-state index is 0.0418. The SMILES string of the molecule is Cc1ccc([C@H](C)NC(=O)Cn2ncc3c(C)nn(C(C)C)c3c2=O)cc1. The Hall–Kier alpha value is -2.96. The molecule has 0 fully saturated rings. The second-order valence-electron chi connectivity index (χ2n) is 7.19. The van der Waals surface area contributed by atoms with Gasteiger partial charge >= 0.3 is 0 Å². The zero-order valence-electron chi connectivity index (χ0n) is 16.4. The van der Waals surface area contributed by atoms with Crippen molar-refractivity contribution >= 4 is 16.8 Å². The fourth-order valence-electron chi connectivity index (χ4n) is 3.08. The standard InChI is InChI=1S/C20H25N5O2/c1-12(2)25-19-17(15(5)23-25)10-21-24(20(19)27)11-18(26)22-14(4)16-8-6-13(3)7-9-16/h6-10,12,14H,11H2,1-5H3,(H,22,26)/t14-/m0/s1. The van der Waals surface area contributed by atoms with Gasteiger partial charge in [-0.25, -0.2) is 4.68 Å². The summed E-state index contributed by atoms with van der Waals surface area (Å²) in [5, 5.41) is 12.2. The Morgan fingerprint density at radius 2 is 1.81 bits per heavy atom. The number of rotatable bonds is 5. The largest absolute Gasteiger partial charge is 0.348 e. The summed E-state index contributed by atoms with van der Waals surface area (Å²) in [6, 6.07) is 7.88. The number of aromatic nitrogens is 4. The van der Waals surface area contributed by atoms with Crippen LogP contribution >= 0.6 is 0 Å². The summed E-state index contributed by atoms with van der Waals surface area (Å²) in [5.74, 6) is -0.260. The summed E-state index contributed by atoms with van der Waals surface area (Å²) in [6.45, 7) is 9.58. The highest BCUT2D eigenvalue weighted by Crippen LogP contribution is 2.17. The molecule has 2 heterocycles. The average molecular weight is 367 g/mol. The maximum Gasteiger partial charge on any atom is 0.293 e. The normalized spacial score (nSPS) is 12.5. The molecule has 3 rings (SSSR count). The van der Waals surface area contributed by atoms with Crippen LogP contribution in [0, 0.1) is 13.8 Å². The molecule has 0 spiro atoms. The van der Waals surface area contributed by atoms with E-state index >= 15 is 0 Å². The first-order valence-corrected chi connectivity index (χ1v) is 9.08. The van der Waals surface area contributed by atoms with E-state index < -0.39 is 0 Å². The number of carbonyl (C=O) groups excluding carboxylic acids is 1. The Bertz CT molecular complexity index is 1030. The molecule has 142 valence electrons. The third-order valence-corrected chi connectivity index (χ3v) is 4.63. The second-order valence-corrected chi connectivity index (χ2v) is 7.19. The number of nitrogens with zero attached hydrogens (tertiary/aromatic N) is 4. The highest BCUT2D eigenvalue weighted by Gasteiger charge is 2.17. The first-order chi connectivity index (χ1) is 12.8. The topological polar surface area (TPSA) is 81.8 Å². The summed E-state index contributed by atoms with van der Waals surface area (Å²) in [4.78, 5) is 25.3. The van der Waals surface area contributed by atoms with Gasteiger partial charge in [0.2, 0.25) is 5.91 Å². The zero-order valence-corrected chi connectivity index (χ0v) is 16.4. The van der Waals surface area contributed by atoms with E-state index in [4.69, 9.17) is 0 Å². The second kappa shape index (κ2) is 7.34. The summed E-state index contributed by atoms with van der Waals surface area (Å²) in [6.07, 6.45) is 1.61. The minimum atomic E-state index is -0.306. The van der Waals surface area contributed by atoms with Gasteiger partial charge in [-0.1, -0.05) is 29.8 Å². The van der Waals surface area contributed by atoms with E-state index in [1.54, 1.807) is 10.9 Å². The van der Waals surface area contributed by atoms with Crippen LogP contribution in [-0.4, -0.2) is 25.5 Å². The maximum absolute atomic E-state index is 12.9. The summed E-state index contributed by atoms with van der Waals surface area (Å²) >= 11 is 0. The van der Waals surface area contributed by atoms with Crippen molar-refractivity contribution in [3.05, 3.63) is 57.6 Å². The number of hydrogen-bond acceptors (Lipinski definition) is 4. The molecule has 1 N–H and O–H groups in total. The molecule has 7 nitrogen and oxygen atoms in total. The van der Waals surface area contributed by atoms with Gasteiger partial charge in [0.1, 0.15) is 12.1 Å². The molecule has 0 aliphatic heterocycles. The van der Waals surface area contributed by atoms with E-state index in [1.165, 1.54) is 10.2 Å². The van der Waals surface area contributed by atoms with Crippen LogP contribution in [0.15, 0.2) is 35.3 Å². The molecule has 0 bridgehead atoms. The monoisotopic (exact) mass is 367 g/mol. The van der Waals surface area contributed by atoms with E-state index in [1.807, 2.05) is 58.9 Å². The number of hydrogen-bond donors (Lipinski definition) is 1. The van der Waals surface area contributed by atoms with E-state index in [-0.39, 0.29) is 30.1 Å². The quantitative estimate of drug-likeness (QED) is 0.752. The molecule has 0 saturated carbocycles. The third kappa shape index (κ3) is 3.77. The lowest BCUT2D eigenvalue weighted by molar-refractivity contribution is -0.122. The van der Waals surface area contributed by atoms with Gasteiger partial charge in [0.25, 0.3) is 5.56 Å². The number of aryl methyl sites for hydroxylation is 2. The third-order valence-electron chi connectivity index (χ3n) is 4.63. The highest BCUT2D eigenvalue weighted by atomic mass is 16.2. The lowest BCUT2D eigenvalue weighted by Gasteiger charge is -2.15. The number of fused-ring (bicyclic) bond motifs is 1. The number of nitrogens with one attached hydrogen (secondary N) is 1. The predicted molar refractivity (Wildman–Crippen MR) is 105 cm³/mol. The molecule has 0 aliphatic rings. The number of carbonyl (C=O) groups is 1. The molecule has 1 atom stereocenters. The fourth-order valence-corrected chi connectivity index (χ4v) is 3.08. The Morgan fingerprint density at radius 1 is 1.15 bits per heavy atom. The molecule has 0 unspecified atom stereocenters. The van der Waals surface area contributed by atoms with Gasteiger partial charge in [0, 0.05) is 11.4 Å². The van der Waals surface area contributed by atoms with Crippen LogP contribution in [-0.2, 0) is 11.3 Å². The van der Waals surface area contributed by atoms with Gasteiger partial charge in [0.15, 0.2) is 0 Å². The Labute approximate surface area is 158 Å². The summed E-state index contributed by atoms with van der Waals surface area (Å²) < 4.78 is 2.89. The predicted octanol–water partition coefficient (Wildman–Crippen LogP) is 2.67. The van der Waals surface area contributed by atoms with Gasteiger partial charge in [-0.3, -0.25) is 14.3 Å². The van der Waals surface area contributed by atoms with Crippen molar-refractivity contribution in [2.24, 2.45) is 0 Å². The van der Waals surface area contributed by atoms with Crippen molar-refractivity contribution in [2.45, 2.75) is 53.2 Å². The molecule has 0 saturated heterocycles. The highest BCUT2D eigenvalue weighted by molar-refractivity contribution is 5.81. The van der Waals surface area contributed by atoms with E-state index in [2.05, 4.69) is 15.5 Å². The van der Waals surface area contributed by atoms with E-state index in [0.717, 1.165) is 16.6 Å². The van der Waals surface area contributed by atoms with Crippen LogP contribution < -0.4 is 10.9 Å². The van der Waals surface area contributed by atoms with Crippen molar-refractivity contribution in [2.75, 3.05) is 0 Å². The minimum Gasteiger partial charge on any atom is -0.348 e. The van der Waals surface area contributed by atoms with Crippen molar-refractivity contribution in [1.29, 1.82) is 0 Å². The lowest BCUT2D eigenvalue weighted by atomic mass is 10.1. The smallest absolute Gasteiger partial charge is 0.293 e. The molecule has 2 aromatic heterocycles. The fraction of sp³-hybridized carbons (Fsp3) is 0.400. The first-order valence-electron chi connectivity index (χ1n) is 9.08. The van der Waals surface area contributed by atoms with Crippen LogP contribution in [0.1, 0.15) is 49.7 Å². The zero-order chi connectivity index (χ0) is 19.7. The van der Waals surface area contributed by atoms with Crippen LogP contribution in [0.5, 0.6) is 0 Å². The molecular formula is C20H25N5O2. The number of amides is 1. The van der Waals surface area contributed by atoms with Crippen molar-refractivity contribution in [3.8, 4) is 0 Å². The van der Waals surface area contributed by atoms with Crippen LogP contribution in [0.3, 0.4) is 0 Å². The molecular weight excluding hydrogens is 342 g/mol. The first kappa shape index (κ1) is 18.8. The van der Waals surface area contributed by atoms with Gasteiger partial charge in [-0.2, -0.15) is 10.2 Å². The van der Waals surface area contributed by atoms with Crippen LogP contribution in [0.4, 0.5) is 0 Å². The lowest BCUT2D eigenvalue weighted by Crippen LogP contribution is -2.35. The van der Waals surface area contributed by atoms with Gasteiger partial charge < -0.3 is 5.32 Å². The van der Waals surface area contributed by atoms with Gasteiger partial charge in [-0.05, 0) is 40.2 Å². The van der Waals surface area contributed by atoms with Crippen LogP contribution in [0.2, 0.25) is 0 Å². The van der Waals surface area contributed by atoms with Crippen LogP contribution in [0.25, 0.3) is 10.9 Å². The molecule has 7 heteroatoms. The number of benzene rings is 1. The van der Waals surface area contributed by atoms with Gasteiger partial charge in [0.05, 0.1) is 17.9 Å². The molecule has 27 heavy (non-hydrogen) atoms. The van der Waals surface area contributed by atoms with Crippen molar-refractivity contribution in [1.82, 2.24) is 24.9 Å². The maximum atomic E-state index is 12.9. The van der Waals surface area contributed by atoms with Crippen molar-refractivity contribution < 1.29 is 4.79 Å². The molecule has 3 aromatic rings. The molecule has 1 amide bonds. The van der Waals surface area contributed by atoms with Crippen molar-refractivity contribution in [3.63, 3.8) is 0 Å². The van der Waals surface area contributed by atoms with E-state index in [0.29, 0.717) is 5.52 Å². The molecule has 0 radical (unpaired) electrons. The summed E-state index contributed by atoms with van der Waals surface area (Å²) in [7, 11) is 0. The van der Waals surface area contributed by atoms with Gasteiger partial charge in [-0.15, -0.1) is 0 Å². The Balaban J connectivity index is 1.82.